The van der Waals surface area contributed by atoms with E-state index in [2.05, 4.69) is 9.89 Å². The lowest BCUT2D eigenvalue weighted by Gasteiger charge is -2.27. The third kappa shape index (κ3) is 2.23. The predicted octanol–water partition coefficient (Wildman–Crippen LogP) is -0.100. The Hall–Kier alpha value is -0.650. The van der Waals surface area contributed by atoms with Crippen LogP contribution in [0.3, 0.4) is 0 Å². The Morgan fingerprint density at radius 1 is 1.50 bits per heavy atom. The van der Waals surface area contributed by atoms with Gasteiger partial charge in [-0.15, -0.1) is 0 Å². The third-order valence-electron chi connectivity index (χ3n) is 2.93. The van der Waals surface area contributed by atoms with Crippen LogP contribution in [0.15, 0.2) is 4.99 Å². The quantitative estimate of drug-likeness (QED) is 0.439. The van der Waals surface area contributed by atoms with Gasteiger partial charge in [-0.3, -0.25) is 4.99 Å². The minimum absolute atomic E-state index is 0.0701. The molecule has 3 atom stereocenters. The Labute approximate surface area is 84.4 Å². The smallest absolute Gasteiger partial charge is 0.130 e. The van der Waals surface area contributed by atoms with Crippen molar-refractivity contribution >= 4 is 5.84 Å². The summed E-state index contributed by atoms with van der Waals surface area (Å²) in [5.74, 6) is 1.07. The van der Waals surface area contributed by atoms with Crippen molar-refractivity contribution < 1.29 is 10.3 Å². The van der Waals surface area contributed by atoms with Crippen LogP contribution in [0.25, 0.3) is 0 Å². The largest absolute Gasteiger partial charge is 0.376 e. The topological polar surface area (TPSA) is 68.1 Å². The van der Waals surface area contributed by atoms with E-state index in [-0.39, 0.29) is 11.8 Å². The Morgan fingerprint density at radius 2 is 2.14 bits per heavy atom. The van der Waals surface area contributed by atoms with Crippen molar-refractivity contribution in [1.82, 2.24) is 10.4 Å². The highest BCUT2D eigenvalue weighted by Gasteiger charge is 2.28. The number of likely N-dealkylation sites (N-methyl/N-ethyl adjacent to an activating group) is 1. The van der Waals surface area contributed by atoms with Crippen molar-refractivity contribution in [3.8, 4) is 0 Å². The summed E-state index contributed by atoms with van der Waals surface area (Å²) in [6, 6.07) is 0. The first-order chi connectivity index (χ1) is 6.57. The number of hydrogen-bond donors (Lipinski definition) is 3. The molecule has 5 heteroatoms. The molecule has 0 aromatic rings. The molecule has 82 valence electrons. The molecule has 0 amide bonds. The van der Waals surface area contributed by atoms with Crippen molar-refractivity contribution in [3.63, 3.8) is 0 Å². The average molecular weight is 201 g/mol. The SMILES string of the molecule is CC(C1=NCCN1C)C(C)C(O)NO. The van der Waals surface area contributed by atoms with Gasteiger partial charge in [-0.1, -0.05) is 13.8 Å². The number of hydrogen-bond acceptors (Lipinski definition) is 5. The van der Waals surface area contributed by atoms with Crippen LogP contribution in [0.2, 0.25) is 0 Å². The minimum atomic E-state index is -0.901. The summed E-state index contributed by atoms with van der Waals surface area (Å²) >= 11 is 0. The monoisotopic (exact) mass is 201 g/mol. The summed E-state index contributed by atoms with van der Waals surface area (Å²) in [6.45, 7) is 5.65. The van der Waals surface area contributed by atoms with Gasteiger partial charge in [-0.25, -0.2) is 0 Å². The molecule has 0 aromatic heterocycles. The number of aliphatic imine (C=N–C) groups is 1. The highest BCUT2D eigenvalue weighted by molar-refractivity contribution is 5.85. The summed E-state index contributed by atoms with van der Waals surface area (Å²) < 4.78 is 0. The Balaban J connectivity index is 2.60. The molecular formula is C9H19N3O2. The highest BCUT2D eigenvalue weighted by Crippen LogP contribution is 2.19. The summed E-state index contributed by atoms with van der Waals surface area (Å²) in [5.41, 5.74) is 1.87. The minimum Gasteiger partial charge on any atom is -0.376 e. The molecule has 14 heavy (non-hydrogen) atoms. The van der Waals surface area contributed by atoms with Crippen LogP contribution in [0.4, 0.5) is 0 Å². The van der Waals surface area contributed by atoms with E-state index in [0.717, 1.165) is 18.9 Å². The second kappa shape index (κ2) is 4.72. The number of amidine groups is 1. The summed E-state index contributed by atoms with van der Waals surface area (Å²) in [5, 5.41) is 18.0. The molecule has 1 aliphatic heterocycles. The number of aliphatic hydroxyl groups excluding tert-OH is 1. The first-order valence-corrected chi connectivity index (χ1v) is 4.91. The molecule has 1 heterocycles. The standard InChI is InChI=1S/C9H19N3O2/c1-6(7(2)9(13)11-14)8-10-4-5-12(8)3/h6-7,9,11,13-14H,4-5H2,1-3H3. The average Bonchev–Trinajstić information content (AvgIpc) is 2.61. The molecule has 0 saturated heterocycles. The Kier molecular flexibility index (Phi) is 3.86. The van der Waals surface area contributed by atoms with Gasteiger partial charge < -0.3 is 15.2 Å². The highest BCUT2D eigenvalue weighted by atomic mass is 16.5. The molecule has 0 aliphatic carbocycles. The lowest BCUT2D eigenvalue weighted by Crippen LogP contribution is -2.41. The molecule has 0 radical (unpaired) electrons. The molecule has 0 aromatic carbocycles. The maximum Gasteiger partial charge on any atom is 0.130 e. The van der Waals surface area contributed by atoms with E-state index in [1.165, 1.54) is 0 Å². The van der Waals surface area contributed by atoms with Gasteiger partial charge in [0.2, 0.25) is 0 Å². The zero-order chi connectivity index (χ0) is 10.7. The lowest BCUT2D eigenvalue weighted by atomic mass is 9.93. The van der Waals surface area contributed by atoms with Crippen molar-refractivity contribution in [2.24, 2.45) is 16.8 Å². The van der Waals surface area contributed by atoms with Gasteiger partial charge in [0.1, 0.15) is 12.1 Å². The molecule has 3 unspecified atom stereocenters. The van der Waals surface area contributed by atoms with E-state index in [0.29, 0.717) is 0 Å². The summed E-state index contributed by atoms with van der Waals surface area (Å²) in [7, 11) is 1.99. The lowest BCUT2D eigenvalue weighted by molar-refractivity contribution is -0.0367. The van der Waals surface area contributed by atoms with E-state index < -0.39 is 6.23 Å². The van der Waals surface area contributed by atoms with Crippen LogP contribution in [0, 0.1) is 11.8 Å². The maximum absolute atomic E-state index is 9.41. The molecule has 1 rings (SSSR count). The first kappa shape index (κ1) is 11.4. The van der Waals surface area contributed by atoms with Crippen molar-refractivity contribution in [1.29, 1.82) is 0 Å². The normalized spacial score (nSPS) is 23.2. The van der Waals surface area contributed by atoms with Gasteiger partial charge >= 0.3 is 0 Å². The van der Waals surface area contributed by atoms with Gasteiger partial charge in [-0.2, -0.15) is 5.48 Å². The predicted molar refractivity (Wildman–Crippen MR) is 54.2 cm³/mol. The zero-order valence-electron chi connectivity index (χ0n) is 8.94. The maximum atomic E-state index is 9.41. The number of rotatable bonds is 4. The fourth-order valence-corrected chi connectivity index (χ4v) is 1.67. The van der Waals surface area contributed by atoms with E-state index in [9.17, 15) is 5.11 Å². The van der Waals surface area contributed by atoms with Crippen LogP contribution >= 0.6 is 0 Å². The molecule has 3 N–H and O–H groups in total. The second-order valence-corrected chi connectivity index (χ2v) is 3.88. The van der Waals surface area contributed by atoms with Gasteiger partial charge in [0.25, 0.3) is 0 Å². The van der Waals surface area contributed by atoms with Crippen LogP contribution in [0.5, 0.6) is 0 Å². The Morgan fingerprint density at radius 3 is 2.57 bits per heavy atom. The van der Waals surface area contributed by atoms with E-state index in [1.807, 2.05) is 26.4 Å². The van der Waals surface area contributed by atoms with Crippen LogP contribution in [-0.4, -0.2) is 47.4 Å². The van der Waals surface area contributed by atoms with Crippen LogP contribution < -0.4 is 5.48 Å². The van der Waals surface area contributed by atoms with Gasteiger partial charge in [0.15, 0.2) is 0 Å². The van der Waals surface area contributed by atoms with Crippen molar-refractivity contribution in [3.05, 3.63) is 0 Å². The van der Waals surface area contributed by atoms with E-state index >= 15 is 0 Å². The van der Waals surface area contributed by atoms with Crippen LogP contribution in [-0.2, 0) is 0 Å². The zero-order valence-corrected chi connectivity index (χ0v) is 8.94. The second-order valence-electron chi connectivity index (χ2n) is 3.88. The van der Waals surface area contributed by atoms with Crippen LogP contribution in [0.1, 0.15) is 13.8 Å². The third-order valence-corrected chi connectivity index (χ3v) is 2.93. The number of nitrogens with one attached hydrogen (secondary N) is 1. The van der Waals surface area contributed by atoms with Crippen molar-refractivity contribution in [2.75, 3.05) is 20.1 Å². The van der Waals surface area contributed by atoms with Gasteiger partial charge in [0, 0.05) is 25.4 Å². The molecule has 0 spiro atoms. The fourth-order valence-electron chi connectivity index (χ4n) is 1.67. The fraction of sp³-hybridized carbons (Fsp3) is 0.889. The number of hydroxylamine groups is 1. The molecule has 1 aliphatic rings. The van der Waals surface area contributed by atoms with E-state index in [1.54, 1.807) is 0 Å². The summed E-state index contributed by atoms with van der Waals surface area (Å²) in [4.78, 5) is 6.47. The molecule has 0 fully saturated rings. The molecule has 0 saturated carbocycles. The summed E-state index contributed by atoms with van der Waals surface area (Å²) in [6.07, 6.45) is -0.901. The van der Waals surface area contributed by atoms with Gasteiger partial charge in [-0.05, 0) is 0 Å². The van der Waals surface area contributed by atoms with Gasteiger partial charge in [0.05, 0.1) is 6.54 Å². The van der Waals surface area contributed by atoms with E-state index in [4.69, 9.17) is 5.21 Å². The molecule has 0 bridgehead atoms. The molecule has 5 nitrogen and oxygen atoms in total. The van der Waals surface area contributed by atoms with Crippen molar-refractivity contribution in [2.45, 2.75) is 20.1 Å². The number of aliphatic hydroxyl groups is 1. The first-order valence-electron chi connectivity index (χ1n) is 4.91. The molecular weight excluding hydrogens is 182 g/mol. The Bertz CT molecular complexity index is 220. The number of nitrogens with zero attached hydrogens (tertiary/aromatic N) is 2.